The summed E-state index contributed by atoms with van der Waals surface area (Å²) in [6, 6.07) is 5.37. The molecule has 0 amide bonds. The Labute approximate surface area is 206 Å². The van der Waals surface area contributed by atoms with Crippen molar-refractivity contribution in [2.75, 3.05) is 20.6 Å². The van der Waals surface area contributed by atoms with Gasteiger partial charge in [0, 0.05) is 18.7 Å². The third-order valence-electron chi connectivity index (χ3n) is 7.18. The number of halogens is 1. The van der Waals surface area contributed by atoms with Gasteiger partial charge in [-0.15, -0.1) is 0 Å². The van der Waals surface area contributed by atoms with E-state index in [0.29, 0.717) is 36.9 Å². The molecule has 9 heteroatoms. The van der Waals surface area contributed by atoms with E-state index in [1.165, 1.54) is 31.7 Å². The van der Waals surface area contributed by atoms with Crippen LogP contribution in [0.5, 0.6) is 5.75 Å². The lowest BCUT2D eigenvalue weighted by molar-refractivity contribution is -0.143. The maximum absolute atomic E-state index is 14.9. The zero-order valence-electron chi connectivity index (χ0n) is 20.6. The fraction of sp³-hybridized carbons (Fsp3) is 0.615. The van der Waals surface area contributed by atoms with Gasteiger partial charge in [0.15, 0.2) is 11.6 Å². The maximum atomic E-state index is 14.9. The van der Waals surface area contributed by atoms with Crippen molar-refractivity contribution in [1.29, 1.82) is 0 Å². The molecule has 1 heterocycles. The van der Waals surface area contributed by atoms with Crippen LogP contribution in [0.2, 0.25) is 0 Å². The van der Waals surface area contributed by atoms with E-state index >= 15 is 0 Å². The molecule has 1 aromatic heterocycles. The number of benzene rings is 1. The van der Waals surface area contributed by atoms with Crippen LogP contribution in [0, 0.1) is 11.7 Å². The molecular formula is C26H36FN3O5. The van der Waals surface area contributed by atoms with Crippen LogP contribution in [-0.4, -0.2) is 58.2 Å². The summed E-state index contributed by atoms with van der Waals surface area (Å²) < 4.78 is 34.0. The first-order chi connectivity index (χ1) is 16.9. The lowest BCUT2D eigenvalue weighted by Crippen LogP contribution is -2.31. The predicted octanol–water partition coefficient (Wildman–Crippen LogP) is 4.57. The third-order valence-corrected chi connectivity index (χ3v) is 7.18. The highest BCUT2D eigenvalue weighted by Gasteiger charge is 2.28. The van der Waals surface area contributed by atoms with E-state index in [1.54, 1.807) is 18.5 Å². The van der Waals surface area contributed by atoms with Crippen LogP contribution >= 0.6 is 0 Å². The number of hydrogen-bond donors (Lipinski definition) is 1. The highest BCUT2D eigenvalue weighted by Crippen LogP contribution is 2.32. The molecule has 0 bridgehead atoms. The number of carbonyl (C=O) groups is 1. The number of aliphatic carboxylic acids is 1. The number of carboxylic acids is 1. The minimum atomic E-state index is -0.815. The van der Waals surface area contributed by atoms with Crippen molar-refractivity contribution in [3.63, 3.8) is 0 Å². The summed E-state index contributed by atoms with van der Waals surface area (Å²) in [7, 11) is 3.95. The van der Waals surface area contributed by atoms with Crippen molar-refractivity contribution < 1.29 is 28.5 Å². The molecule has 35 heavy (non-hydrogen) atoms. The number of ether oxygens (including phenoxy) is 3. The van der Waals surface area contributed by atoms with Crippen LogP contribution in [0.3, 0.4) is 0 Å². The Balaban J connectivity index is 1.32. The van der Waals surface area contributed by atoms with Gasteiger partial charge in [-0.2, -0.15) is 0 Å². The Morgan fingerprint density at radius 1 is 1.20 bits per heavy atom. The largest absolute Gasteiger partial charge is 0.487 e. The minimum absolute atomic E-state index is 0.137. The molecule has 0 radical (unpaired) electrons. The van der Waals surface area contributed by atoms with Crippen LogP contribution in [0.15, 0.2) is 24.5 Å². The molecule has 2 atom stereocenters. The number of aromatic nitrogens is 2. The predicted molar refractivity (Wildman–Crippen MR) is 128 cm³/mol. The summed E-state index contributed by atoms with van der Waals surface area (Å²) >= 11 is 0. The van der Waals surface area contributed by atoms with Gasteiger partial charge in [-0.25, -0.2) is 9.37 Å². The summed E-state index contributed by atoms with van der Waals surface area (Å²) in [4.78, 5) is 18.0. The second kappa shape index (κ2) is 12.0. The molecule has 2 aromatic rings. The number of aryl methyl sites for hydroxylation is 1. The second-order valence-corrected chi connectivity index (χ2v) is 9.73. The van der Waals surface area contributed by atoms with E-state index in [4.69, 9.17) is 14.2 Å². The summed E-state index contributed by atoms with van der Waals surface area (Å²) in [5.41, 5.74) is 2.09. The van der Waals surface area contributed by atoms with Crippen LogP contribution in [0.25, 0.3) is 11.3 Å². The number of imidazole rings is 1. The van der Waals surface area contributed by atoms with Crippen molar-refractivity contribution >= 4 is 5.97 Å². The SMILES string of the molecule is CN(COCOCc1c(-c2ccc(O[C@H]3CCC[C@H](C(=O)O)C3)c(F)c2)ncn1C)C1CCCC1. The average molecular weight is 490 g/mol. The number of rotatable bonds is 11. The smallest absolute Gasteiger partial charge is 0.306 e. The molecule has 0 unspecified atom stereocenters. The number of nitrogens with zero attached hydrogens (tertiary/aromatic N) is 3. The average Bonchev–Trinajstić information content (AvgIpc) is 3.51. The molecule has 2 aliphatic carbocycles. The van der Waals surface area contributed by atoms with Crippen molar-refractivity contribution in [3.05, 3.63) is 36.0 Å². The van der Waals surface area contributed by atoms with Crippen LogP contribution in [0.1, 0.15) is 57.1 Å². The van der Waals surface area contributed by atoms with Gasteiger partial charge in [0.1, 0.15) is 13.5 Å². The van der Waals surface area contributed by atoms with Gasteiger partial charge in [-0.05, 0) is 63.8 Å². The summed E-state index contributed by atoms with van der Waals surface area (Å²) in [5.74, 6) is -1.60. The molecule has 1 aromatic carbocycles. The van der Waals surface area contributed by atoms with Crippen molar-refractivity contribution in [2.45, 2.75) is 70.1 Å². The second-order valence-electron chi connectivity index (χ2n) is 9.73. The Kier molecular flexibility index (Phi) is 8.75. The van der Waals surface area contributed by atoms with Crippen LogP contribution < -0.4 is 4.74 Å². The molecule has 192 valence electrons. The number of carboxylic acid groups (broad SMARTS) is 1. The van der Waals surface area contributed by atoms with Crippen LogP contribution in [-0.2, 0) is 27.9 Å². The van der Waals surface area contributed by atoms with Crippen molar-refractivity contribution in [3.8, 4) is 17.0 Å². The zero-order chi connectivity index (χ0) is 24.8. The van der Waals surface area contributed by atoms with Gasteiger partial charge in [-0.1, -0.05) is 12.8 Å². The molecule has 2 aliphatic rings. The Bertz CT molecular complexity index is 991. The normalized spacial score (nSPS) is 21.0. The Hall–Kier alpha value is -2.49. The van der Waals surface area contributed by atoms with E-state index in [0.717, 1.165) is 18.5 Å². The first kappa shape index (κ1) is 25.6. The molecule has 4 rings (SSSR count). The van der Waals surface area contributed by atoms with E-state index in [2.05, 4.69) is 16.9 Å². The molecule has 0 saturated heterocycles. The molecule has 0 aliphatic heterocycles. The maximum Gasteiger partial charge on any atom is 0.306 e. The molecule has 0 spiro atoms. The molecule has 8 nitrogen and oxygen atoms in total. The van der Waals surface area contributed by atoms with E-state index in [1.807, 2.05) is 11.6 Å². The van der Waals surface area contributed by atoms with Crippen molar-refractivity contribution in [1.82, 2.24) is 14.5 Å². The Morgan fingerprint density at radius 3 is 2.74 bits per heavy atom. The lowest BCUT2D eigenvalue weighted by atomic mass is 9.87. The van der Waals surface area contributed by atoms with Crippen molar-refractivity contribution in [2.24, 2.45) is 13.0 Å². The van der Waals surface area contributed by atoms with Crippen LogP contribution in [0.4, 0.5) is 4.39 Å². The highest BCUT2D eigenvalue weighted by atomic mass is 19.1. The highest BCUT2D eigenvalue weighted by molar-refractivity contribution is 5.70. The monoisotopic (exact) mass is 489 g/mol. The molecule has 1 N–H and O–H groups in total. The van der Waals surface area contributed by atoms with Gasteiger partial charge in [-0.3, -0.25) is 9.69 Å². The van der Waals surface area contributed by atoms with E-state index in [9.17, 15) is 14.3 Å². The quantitative estimate of drug-likeness (QED) is 0.365. The molecule has 2 saturated carbocycles. The third kappa shape index (κ3) is 6.59. The first-order valence-corrected chi connectivity index (χ1v) is 12.5. The van der Waals surface area contributed by atoms with Gasteiger partial charge >= 0.3 is 5.97 Å². The fourth-order valence-electron chi connectivity index (χ4n) is 5.10. The van der Waals surface area contributed by atoms with E-state index < -0.39 is 17.7 Å². The molecule has 2 fully saturated rings. The first-order valence-electron chi connectivity index (χ1n) is 12.5. The van der Waals surface area contributed by atoms with Gasteiger partial charge < -0.3 is 23.9 Å². The summed E-state index contributed by atoms with van der Waals surface area (Å²) in [5, 5.41) is 9.27. The standard InChI is InChI=1S/C26H36FN3O5/c1-29-15-28-25(23(29)14-33-17-34-16-30(2)20-7-3-4-8-20)18-10-11-24(22(27)13-18)35-21-9-5-6-19(12-21)26(31)32/h10-11,13,15,19-21H,3-9,12,14,16-17H2,1-2H3,(H,31,32)/t19-,21-/m0/s1. The van der Waals surface area contributed by atoms with Gasteiger partial charge in [0.2, 0.25) is 0 Å². The lowest BCUT2D eigenvalue weighted by Gasteiger charge is -2.27. The topological polar surface area (TPSA) is 86.1 Å². The van der Waals surface area contributed by atoms with Gasteiger partial charge in [0.25, 0.3) is 0 Å². The minimum Gasteiger partial charge on any atom is -0.487 e. The van der Waals surface area contributed by atoms with Gasteiger partial charge in [0.05, 0.1) is 36.3 Å². The molecular weight excluding hydrogens is 453 g/mol. The number of hydrogen-bond acceptors (Lipinski definition) is 6. The fourth-order valence-corrected chi connectivity index (χ4v) is 5.10. The summed E-state index contributed by atoms with van der Waals surface area (Å²) in [6.45, 7) is 0.989. The van der Waals surface area contributed by atoms with E-state index in [-0.39, 0.29) is 25.3 Å². The summed E-state index contributed by atoms with van der Waals surface area (Å²) in [6.07, 6.45) is 8.94. The zero-order valence-corrected chi connectivity index (χ0v) is 20.6. The Morgan fingerprint density at radius 2 is 2.00 bits per heavy atom.